The van der Waals surface area contributed by atoms with Crippen LogP contribution in [0.1, 0.15) is 43.0 Å². The molecule has 2 aromatic carbocycles. The molecule has 0 aliphatic carbocycles. The van der Waals surface area contributed by atoms with Gasteiger partial charge in [0.1, 0.15) is 12.4 Å². The van der Waals surface area contributed by atoms with Crippen LogP contribution in [0.5, 0.6) is 5.75 Å². The highest BCUT2D eigenvalue weighted by Gasteiger charge is 2.15. The lowest BCUT2D eigenvalue weighted by Gasteiger charge is -2.21. The SMILES string of the molecule is CCC(CC(N)c1ccc(OCc2ccccc2)cc1)n1ccnc1. The lowest BCUT2D eigenvalue weighted by molar-refractivity contribution is 0.306. The molecule has 0 spiro atoms. The van der Waals surface area contributed by atoms with Crippen LogP contribution in [-0.2, 0) is 6.61 Å². The van der Waals surface area contributed by atoms with E-state index in [9.17, 15) is 0 Å². The molecule has 25 heavy (non-hydrogen) atoms. The number of ether oxygens (including phenoxy) is 1. The Morgan fingerprint density at radius 3 is 2.48 bits per heavy atom. The van der Waals surface area contributed by atoms with Crippen LogP contribution in [0.4, 0.5) is 0 Å². The molecule has 2 unspecified atom stereocenters. The van der Waals surface area contributed by atoms with Crippen molar-refractivity contribution in [3.63, 3.8) is 0 Å². The van der Waals surface area contributed by atoms with E-state index in [-0.39, 0.29) is 6.04 Å². The van der Waals surface area contributed by atoms with Crippen LogP contribution in [0.25, 0.3) is 0 Å². The number of nitrogens with zero attached hydrogens (tertiary/aromatic N) is 2. The highest BCUT2D eigenvalue weighted by Crippen LogP contribution is 2.26. The van der Waals surface area contributed by atoms with Gasteiger partial charge in [0.05, 0.1) is 6.33 Å². The third-order valence-electron chi connectivity index (χ3n) is 4.50. The Morgan fingerprint density at radius 1 is 1.08 bits per heavy atom. The minimum atomic E-state index is -0.00415. The van der Waals surface area contributed by atoms with Gasteiger partial charge >= 0.3 is 0 Å². The Labute approximate surface area is 149 Å². The monoisotopic (exact) mass is 335 g/mol. The van der Waals surface area contributed by atoms with Gasteiger partial charge in [0, 0.05) is 24.5 Å². The van der Waals surface area contributed by atoms with E-state index in [1.54, 1.807) is 0 Å². The summed E-state index contributed by atoms with van der Waals surface area (Å²) in [4.78, 5) is 4.13. The molecule has 1 heterocycles. The van der Waals surface area contributed by atoms with Gasteiger partial charge in [-0.1, -0.05) is 49.4 Å². The Bertz CT molecular complexity index is 739. The molecule has 0 radical (unpaired) electrons. The summed E-state index contributed by atoms with van der Waals surface area (Å²) in [5, 5.41) is 0. The first-order chi connectivity index (χ1) is 12.3. The van der Waals surface area contributed by atoms with Gasteiger partial charge < -0.3 is 15.0 Å². The molecule has 0 aliphatic heterocycles. The summed E-state index contributed by atoms with van der Waals surface area (Å²) in [6, 6.07) is 18.6. The van der Waals surface area contributed by atoms with Crippen LogP contribution in [0.3, 0.4) is 0 Å². The summed E-state index contributed by atoms with van der Waals surface area (Å²) >= 11 is 0. The second kappa shape index (κ2) is 8.49. The van der Waals surface area contributed by atoms with Crippen molar-refractivity contribution < 1.29 is 4.74 Å². The molecular formula is C21H25N3O. The quantitative estimate of drug-likeness (QED) is 0.659. The van der Waals surface area contributed by atoms with E-state index in [2.05, 4.69) is 40.7 Å². The lowest BCUT2D eigenvalue weighted by Crippen LogP contribution is -2.17. The molecular weight excluding hydrogens is 310 g/mol. The highest BCUT2D eigenvalue weighted by molar-refractivity contribution is 5.29. The standard InChI is InChI=1S/C21H25N3O/c1-2-19(24-13-12-23-16-24)14-21(22)18-8-10-20(11-9-18)25-15-17-6-4-3-5-7-17/h3-13,16,19,21H,2,14-15,22H2,1H3. The maximum absolute atomic E-state index is 6.42. The normalized spacial score (nSPS) is 13.4. The number of aromatic nitrogens is 2. The average molecular weight is 335 g/mol. The van der Waals surface area contributed by atoms with Gasteiger partial charge in [-0.3, -0.25) is 0 Å². The van der Waals surface area contributed by atoms with Crippen LogP contribution in [0.15, 0.2) is 73.3 Å². The fourth-order valence-electron chi connectivity index (χ4n) is 2.97. The molecule has 2 atom stereocenters. The van der Waals surface area contributed by atoms with E-state index >= 15 is 0 Å². The summed E-state index contributed by atoms with van der Waals surface area (Å²) < 4.78 is 7.97. The molecule has 0 saturated carbocycles. The molecule has 2 N–H and O–H groups in total. The Hall–Kier alpha value is -2.59. The number of nitrogens with two attached hydrogens (primary N) is 1. The van der Waals surface area contributed by atoms with E-state index in [1.165, 1.54) is 0 Å². The maximum Gasteiger partial charge on any atom is 0.119 e. The molecule has 0 fully saturated rings. The zero-order valence-corrected chi connectivity index (χ0v) is 14.6. The van der Waals surface area contributed by atoms with E-state index in [0.29, 0.717) is 12.6 Å². The molecule has 4 heteroatoms. The number of hydrogen-bond donors (Lipinski definition) is 1. The minimum Gasteiger partial charge on any atom is -0.489 e. The van der Waals surface area contributed by atoms with E-state index in [0.717, 1.165) is 29.7 Å². The highest BCUT2D eigenvalue weighted by atomic mass is 16.5. The van der Waals surface area contributed by atoms with Gasteiger partial charge in [-0.05, 0) is 36.1 Å². The lowest BCUT2D eigenvalue weighted by atomic mass is 9.98. The molecule has 3 rings (SSSR count). The fraction of sp³-hybridized carbons (Fsp3) is 0.286. The summed E-state index contributed by atoms with van der Waals surface area (Å²) in [7, 11) is 0. The van der Waals surface area contributed by atoms with Crippen LogP contribution in [-0.4, -0.2) is 9.55 Å². The van der Waals surface area contributed by atoms with E-state index in [4.69, 9.17) is 10.5 Å². The van der Waals surface area contributed by atoms with Crippen LogP contribution >= 0.6 is 0 Å². The zero-order chi connectivity index (χ0) is 17.5. The number of imidazole rings is 1. The van der Waals surface area contributed by atoms with Crippen LogP contribution in [0.2, 0.25) is 0 Å². The molecule has 0 aliphatic rings. The van der Waals surface area contributed by atoms with Crippen molar-refractivity contribution in [2.45, 2.75) is 38.5 Å². The Balaban J connectivity index is 1.57. The van der Waals surface area contributed by atoms with Crippen molar-refractivity contribution in [1.29, 1.82) is 0 Å². The summed E-state index contributed by atoms with van der Waals surface area (Å²) in [5.41, 5.74) is 8.71. The van der Waals surface area contributed by atoms with Crippen molar-refractivity contribution in [2.24, 2.45) is 5.73 Å². The molecule has 0 amide bonds. The fourth-order valence-corrected chi connectivity index (χ4v) is 2.97. The topological polar surface area (TPSA) is 53.1 Å². The predicted molar refractivity (Wildman–Crippen MR) is 100 cm³/mol. The zero-order valence-electron chi connectivity index (χ0n) is 14.6. The number of benzene rings is 2. The average Bonchev–Trinajstić information content (AvgIpc) is 3.20. The van der Waals surface area contributed by atoms with Gasteiger partial charge in [0.15, 0.2) is 0 Å². The molecule has 3 aromatic rings. The van der Waals surface area contributed by atoms with E-state index < -0.39 is 0 Å². The molecule has 4 nitrogen and oxygen atoms in total. The van der Waals surface area contributed by atoms with Gasteiger partial charge in [0.2, 0.25) is 0 Å². The van der Waals surface area contributed by atoms with E-state index in [1.807, 2.05) is 49.1 Å². The van der Waals surface area contributed by atoms with Crippen molar-refractivity contribution >= 4 is 0 Å². The largest absolute Gasteiger partial charge is 0.489 e. The first-order valence-electron chi connectivity index (χ1n) is 8.76. The first-order valence-corrected chi connectivity index (χ1v) is 8.76. The van der Waals surface area contributed by atoms with Gasteiger partial charge in [0.25, 0.3) is 0 Å². The van der Waals surface area contributed by atoms with Crippen molar-refractivity contribution in [1.82, 2.24) is 9.55 Å². The Morgan fingerprint density at radius 2 is 1.84 bits per heavy atom. The third-order valence-corrected chi connectivity index (χ3v) is 4.50. The van der Waals surface area contributed by atoms with Crippen molar-refractivity contribution in [3.8, 4) is 5.75 Å². The molecule has 0 saturated heterocycles. The number of rotatable bonds is 8. The van der Waals surface area contributed by atoms with Crippen LogP contribution < -0.4 is 10.5 Å². The first kappa shape index (κ1) is 17.2. The van der Waals surface area contributed by atoms with Gasteiger partial charge in [-0.25, -0.2) is 4.98 Å². The third kappa shape index (κ3) is 4.70. The number of hydrogen-bond acceptors (Lipinski definition) is 3. The van der Waals surface area contributed by atoms with Crippen molar-refractivity contribution in [2.75, 3.05) is 0 Å². The van der Waals surface area contributed by atoms with Crippen molar-refractivity contribution in [3.05, 3.63) is 84.4 Å². The van der Waals surface area contributed by atoms with Gasteiger partial charge in [-0.2, -0.15) is 0 Å². The van der Waals surface area contributed by atoms with Gasteiger partial charge in [-0.15, -0.1) is 0 Å². The summed E-state index contributed by atoms with van der Waals surface area (Å²) in [6.07, 6.45) is 7.59. The summed E-state index contributed by atoms with van der Waals surface area (Å²) in [5.74, 6) is 0.862. The van der Waals surface area contributed by atoms with Crippen LogP contribution in [0, 0.1) is 0 Å². The molecule has 0 bridgehead atoms. The predicted octanol–water partition coefficient (Wildman–Crippen LogP) is 4.50. The smallest absolute Gasteiger partial charge is 0.119 e. The molecule has 130 valence electrons. The maximum atomic E-state index is 6.42. The molecule has 1 aromatic heterocycles. The Kier molecular flexibility index (Phi) is 5.86. The second-order valence-corrected chi connectivity index (χ2v) is 6.26. The minimum absolute atomic E-state index is 0.00415. The second-order valence-electron chi connectivity index (χ2n) is 6.26. The summed E-state index contributed by atoms with van der Waals surface area (Å²) in [6.45, 7) is 2.75.